The fourth-order valence-electron chi connectivity index (χ4n) is 4.54. The van der Waals surface area contributed by atoms with Crippen LogP contribution >= 0.6 is 23.2 Å². The van der Waals surface area contributed by atoms with Gasteiger partial charge in [-0.2, -0.15) is 0 Å². The zero-order chi connectivity index (χ0) is 26.0. The predicted molar refractivity (Wildman–Crippen MR) is 145 cm³/mol. The molecule has 0 aliphatic carbocycles. The first-order valence-electron chi connectivity index (χ1n) is 12.1. The van der Waals surface area contributed by atoms with Gasteiger partial charge in [0.25, 0.3) is 5.91 Å². The summed E-state index contributed by atoms with van der Waals surface area (Å²) in [6, 6.07) is 15.6. The van der Waals surface area contributed by atoms with Crippen LogP contribution in [0, 0.1) is 5.92 Å². The molecule has 1 aliphatic heterocycles. The maximum atomic E-state index is 13.8. The first-order valence-corrected chi connectivity index (χ1v) is 12.8. The Morgan fingerprint density at radius 3 is 2.44 bits per heavy atom. The minimum absolute atomic E-state index is 0.113. The zero-order valence-electron chi connectivity index (χ0n) is 20.6. The van der Waals surface area contributed by atoms with Gasteiger partial charge >= 0.3 is 0 Å². The molecule has 8 heteroatoms. The van der Waals surface area contributed by atoms with Gasteiger partial charge in [-0.25, -0.2) is 0 Å². The third-order valence-electron chi connectivity index (χ3n) is 6.37. The van der Waals surface area contributed by atoms with Crippen LogP contribution < -0.4 is 10.2 Å². The van der Waals surface area contributed by atoms with Gasteiger partial charge in [0.1, 0.15) is 12.6 Å². The first-order chi connectivity index (χ1) is 17.2. The quantitative estimate of drug-likeness (QED) is 0.390. The Balaban J connectivity index is 1.66. The van der Waals surface area contributed by atoms with Crippen LogP contribution in [0.15, 0.2) is 54.6 Å². The Hall–Kier alpha value is -3.09. The van der Waals surface area contributed by atoms with E-state index < -0.39 is 6.04 Å². The molecule has 3 amide bonds. The van der Waals surface area contributed by atoms with Crippen molar-refractivity contribution in [1.82, 2.24) is 10.2 Å². The van der Waals surface area contributed by atoms with Gasteiger partial charge in [-0.3, -0.25) is 19.3 Å². The Morgan fingerprint density at radius 2 is 1.78 bits per heavy atom. The predicted octanol–water partition coefficient (Wildman–Crippen LogP) is 5.69. The Kier molecular flexibility index (Phi) is 7.86. The lowest BCUT2D eigenvalue weighted by Crippen LogP contribution is -2.52. The summed E-state index contributed by atoms with van der Waals surface area (Å²) in [6.07, 6.45) is 0.407. The molecule has 0 saturated carbocycles. The summed E-state index contributed by atoms with van der Waals surface area (Å²) < 4.78 is 0. The van der Waals surface area contributed by atoms with Gasteiger partial charge in [0.05, 0.1) is 5.69 Å². The molecule has 0 radical (unpaired) electrons. The molecule has 0 bridgehead atoms. The van der Waals surface area contributed by atoms with Crippen LogP contribution in [0.4, 0.5) is 5.69 Å². The standard InChI is InChI=1S/C28H29Cl2N3O3/c1-4-23(27(35)31-14-17(2)3)32(15-19-11-12-20(29)13-22(19)30)25(34)16-33-24-10-6-8-18-7-5-9-21(26(18)24)28(33)36/h5-13,17,23H,4,14-16H2,1-3H3,(H,31,35)/t23-/m0/s1. The van der Waals surface area contributed by atoms with Crippen molar-refractivity contribution in [1.29, 1.82) is 0 Å². The summed E-state index contributed by atoms with van der Waals surface area (Å²) in [5, 5.41) is 5.62. The third-order valence-corrected chi connectivity index (χ3v) is 6.96. The number of amides is 3. The minimum atomic E-state index is -0.723. The molecule has 36 heavy (non-hydrogen) atoms. The minimum Gasteiger partial charge on any atom is -0.354 e. The van der Waals surface area contributed by atoms with Gasteiger partial charge in [0.2, 0.25) is 11.8 Å². The SMILES string of the molecule is CC[C@@H](C(=O)NCC(C)C)N(Cc1ccc(Cl)cc1Cl)C(=O)CN1C(=O)c2cccc3cccc1c23. The van der Waals surface area contributed by atoms with E-state index >= 15 is 0 Å². The number of rotatable bonds is 9. The zero-order valence-corrected chi connectivity index (χ0v) is 22.1. The lowest BCUT2D eigenvalue weighted by molar-refractivity contribution is -0.140. The number of carbonyl (C=O) groups is 3. The number of carbonyl (C=O) groups excluding carboxylic acids is 3. The number of hydrogen-bond donors (Lipinski definition) is 1. The highest BCUT2D eigenvalue weighted by Gasteiger charge is 2.35. The van der Waals surface area contributed by atoms with Crippen molar-refractivity contribution in [3.8, 4) is 0 Å². The molecular formula is C28H29Cl2N3O3. The Bertz CT molecular complexity index is 1320. The maximum Gasteiger partial charge on any atom is 0.259 e. The smallest absolute Gasteiger partial charge is 0.259 e. The number of nitrogens with one attached hydrogen (secondary N) is 1. The van der Waals surface area contributed by atoms with E-state index in [0.29, 0.717) is 39.8 Å². The summed E-state index contributed by atoms with van der Waals surface area (Å²) in [7, 11) is 0. The van der Waals surface area contributed by atoms with Gasteiger partial charge in [0, 0.05) is 34.1 Å². The van der Waals surface area contributed by atoms with Crippen LogP contribution in [0.5, 0.6) is 0 Å². The van der Waals surface area contributed by atoms with Crippen molar-refractivity contribution in [2.45, 2.75) is 39.8 Å². The molecule has 0 unspecified atom stereocenters. The molecule has 1 heterocycles. The molecule has 0 aromatic heterocycles. The molecule has 1 atom stereocenters. The second-order valence-corrected chi connectivity index (χ2v) is 10.2. The van der Waals surface area contributed by atoms with E-state index in [9.17, 15) is 14.4 Å². The number of benzene rings is 3. The Morgan fingerprint density at radius 1 is 1.06 bits per heavy atom. The van der Waals surface area contributed by atoms with E-state index in [4.69, 9.17) is 23.2 Å². The highest BCUT2D eigenvalue weighted by atomic mass is 35.5. The van der Waals surface area contributed by atoms with Gasteiger partial charge in [-0.05, 0) is 47.6 Å². The summed E-state index contributed by atoms with van der Waals surface area (Å²) in [4.78, 5) is 43.3. The normalized spacial score (nSPS) is 13.4. The van der Waals surface area contributed by atoms with E-state index in [1.165, 1.54) is 9.80 Å². The van der Waals surface area contributed by atoms with Crippen molar-refractivity contribution in [2.75, 3.05) is 18.0 Å². The Labute approximate surface area is 221 Å². The summed E-state index contributed by atoms with van der Waals surface area (Å²) in [6.45, 7) is 6.30. The van der Waals surface area contributed by atoms with Gasteiger partial charge in [-0.15, -0.1) is 0 Å². The molecule has 188 valence electrons. The third kappa shape index (κ3) is 5.20. The molecule has 1 N–H and O–H groups in total. The van der Waals surface area contributed by atoms with E-state index in [2.05, 4.69) is 5.32 Å². The second-order valence-electron chi connectivity index (χ2n) is 9.39. The molecular weight excluding hydrogens is 497 g/mol. The van der Waals surface area contributed by atoms with Gasteiger partial charge < -0.3 is 10.2 Å². The fraction of sp³-hybridized carbons (Fsp3) is 0.321. The average molecular weight is 526 g/mol. The van der Waals surface area contributed by atoms with Crippen LogP contribution in [0.25, 0.3) is 10.8 Å². The van der Waals surface area contributed by atoms with Crippen molar-refractivity contribution in [2.24, 2.45) is 5.92 Å². The number of nitrogens with zero attached hydrogens (tertiary/aromatic N) is 2. The van der Waals surface area contributed by atoms with Crippen molar-refractivity contribution < 1.29 is 14.4 Å². The summed E-state index contributed by atoms with van der Waals surface area (Å²) >= 11 is 12.5. The maximum absolute atomic E-state index is 13.8. The van der Waals surface area contributed by atoms with E-state index in [1.54, 1.807) is 24.3 Å². The lowest BCUT2D eigenvalue weighted by atomic mass is 10.1. The molecule has 0 spiro atoms. The van der Waals surface area contributed by atoms with E-state index in [-0.39, 0.29) is 36.7 Å². The first kappa shape index (κ1) is 26.0. The monoisotopic (exact) mass is 525 g/mol. The highest BCUT2D eigenvalue weighted by Crippen LogP contribution is 2.37. The molecule has 4 rings (SSSR count). The highest BCUT2D eigenvalue weighted by molar-refractivity contribution is 6.35. The van der Waals surface area contributed by atoms with Crippen LogP contribution in [0.1, 0.15) is 43.1 Å². The van der Waals surface area contributed by atoms with E-state index in [0.717, 1.165) is 10.8 Å². The average Bonchev–Trinajstić information content (AvgIpc) is 3.11. The van der Waals surface area contributed by atoms with Crippen LogP contribution in [0.2, 0.25) is 10.0 Å². The van der Waals surface area contributed by atoms with Gasteiger partial charge in [0.15, 0.2) is 0 Å². The molecule has 3 aromatic carbocycles. The number of hydrogen-bond acceptors (Lipinski definition) is 3. The van der Waals surface area contributed by atoms with Crippen molar-refractivity contribution in [3.63, 3.8) is 0 Å². The summed E-state index contributed by atoms with van der Waals surface area (Å²) in [5.74, 6) is -0.534. The largest absolute Gasteiger partial charge is 0.354 e. The van der Waals surface area contributed by atoms with E-state index in [1.807, 2.05) is 51.1 Å². The molecule has 6 nitrogen and oxygen atoms in total. The van der Waals surface area contributed by atoms with Crippen LogP contribution in [0.3, 0.4) is 0 Å². The van der Waals surface area contributed by atoms with Gasteiger partial charge in [-0.1, -0.05) is 74.3 Å². The second kappa shape index (κ2) is 10.9. The van der Waals surface area contributed by atoms with Crippen molar-refractivity contribution >= 4 is 57.4 Å². The van der Waals surface area contributed by atoms with Crippen molar-refractivity contribution in [3.05, 3.63) is 75.8 Å². The lowest BCUT2D eigenvalue weighted by Gasteiger charge is -2.32. The topological polar surface area (TPSA) is 69.7 Å². The molecule has 0 saturated heterocycles. The molecule has 3 aromatic rings. The molecule has 0 fully saturated rings. The van der Waals surface area contributed by atoms with Crippen LogP contribution in [-0.2, 0) is 16.1 Å². The summed E-state index contributed by atoms with van der Waals surface area (Å²) in [5.41, 5.74) is 1.94. The molecule has 1 aliphatic rings. The number of anilines is 1. The fourth-order valence-corrected chi connectivity index (χ4v) is 5.01. The number of halogens is 2. The van der Waals surface area contributed by atoms with Crippen LogP contribution in [-0.4, -0.2) is 41.8 Å².